The lowest BCUT2D eigenvalue weighted by Gasteiger charge is -2.13. The molecule has 1 aliphatic heterocycles. The van der Waals surface area contributed by atoms with E-state index in [9.17, 15) is 9.59 Å². The molecule has 3 rings (SSSR count). The highest BCUT2D eigenvalue weighted by molar-refractivity contribution is 6.37. The second-order valence-electron chi connectivity index (χ2n) is 6.32. The van der Waals surface area contributed by atoms with Crippen LogP contribution in [0.2, 0.25) is 5.02 Å². The SMILES string of the molecule is CCOC(=O)COc1ccc(/C=C2/C(=O)N(c3ccccc3Cl)N=C2C)cc1OC. The number of amides is 1. The quantitative estimate of drug-likeness (QED) is 0.490. The molecule has 0 aliphatic carbocycles. The Morgan fingerprint density at radius 3 is 2.67 bits per heavy atom. The van der Waals surface area contributed by atoms with Crippen molar-refractivity contribution in [2.24, 2.45) is 5.10 Å². The first kappa shape index (κ1) is 21.4. The lowest BCUT2D eigenvalue weighted by molar-refractivity contribution is -0.145. The molecule has 2 aromatic rings. The van der Waals surface area contributed by atoms with Crippen molar-refractivity contribution in [3.05, 3.63) is 58.6 Å². The van der Waals surface area contributed by atoms with Crippen LogP contribution in [0.4, 0.5) is 5.69 Å². The van der Waals surface area contributed by atoms with E-state index in [1.165, 1.54) is 12.1 Å². The molecule has 0 saturated heterocycles. The number of rotatable bonds is 7. The van der Waals surface area contributed by atoms with Crippen LogP contribution in [0.5, 0.6) is 11.5 Å². The monoisotopic (exact) mass is 428 g/mol. The second kappa shape index (κ2) is 9.45. The number of esters is 1. The van der Waals surface area contributed by atoms with E-state index in [4.69, 9.17) is 25.8 Å². The summed E-state index contributed by atoms with van der Waals surface area (Å²) in [5.74, 6) is 0.0844. The van der Waals surface area contributed by atoms with Crippen LogP contribution in [0, 0.1) is 0 Å². The van der Waals surface area contributed by atoms with Crippen molar-refractivity contribution in [2.45, 2.75) is 13.8 Å². The number of hydrazone groups is 1. The zero-order valence-electron chi connectivity index (χ0n) is 16.8. The summed E-state index contributed by atoms with van der Waals surface area (Å²) in [7, 11) is 1.50. The summed E-state index contributed by atoms with van der Waals surface area (Å²) in [6.07, 6.45) is 1.72. The van der Waals surface area contributed by atoms with E-state index in [1.54, 1.807) is 62.4 Å². The molecule has 0 bridgehead atoms. The molecule has 8 heteroatoms. The van der Waals surface area contributed by atoms with Gasteiger partial charge in [-0.05, 0) is 49.8 Å². The maximum Gasteiger partial charge on any atom is 0.344 e. The van der Waals surface area contributed by atoms with Gasteiger partial charge in [0.15, 0.2) is 18.1 Å². The number of hydrogen-bond acceptors (Lipinski definition) is 6. The van der Waals surface area contributed by atoms with Gasteiger partial charge in [0.05, 0.1) is 35.7 Å². The highest BCUT2D eigenvalue weighted by Gasteiger charge is 2.29. The van der Waals surface area contributed by atoms with Crippen LogP contribution in [-0.4, -0.2) is 37.9 Å². The molecule has 0 N–H and O–H groups in total. The highest BCUT2D eigenvalue weighted by Crippen LogP contribution is 2.32. The number of carbonyl (C=O) groups is 2. The number of carbonyl (C=O) groups excluding carboxylic acids is 2. The van der Waals surface area contributed by atoms with E-state index in [-0.39, 0.29) is 19.1 Å². The summed E-state index contributed by atoms with van der Waals surface area (Å²) in [6, 6.07) is 12.2. The Labute approximate surface area is 179 Å². The second-order valence-corrected chi connectivity index (χ2v) is 6.72. The maximum absolute atomic E-state index is 12.9. The maximum atomic E-state index is 12.9. The van der Waals surface area contributed by atoms with E-state index in [0.717, 1.165) is 0 Å². The normalized spacial score (nSPS) is 14.7. The molecule has 1 heterocycles. The van der Waals surface area contributed by atoms with Crippen molar-refractivity contribution in [1.82, 2.24) is 0 Å². The van der Waals surface area contributed by atoms with Crippen molar-refractivity contribution in [1.29, 1.82) is 0 Å². The minimum atomic E-state index is -0.464. The zero-order chi connectivity index (χ0) is 21.7. The Balaban J connectivity index is 1.83. The number of benzene rings is 2. The third kappa shape index (κ3) is 4.63. The first-order valence-corrected chi connectivity index (χ1v) is 9.65. The van der Waals surface area contributed by atoms with Crippen LogP contribution in [0.25, 0.3) is 6.08 Å². The fourth-order valence-electron chi connectivity index (χ4n) is 2.87. The third-order valence-electron chi connectivity index (χ3n) is 4.29. The summed E-state index contributed by atoms with van der Waals surface area (Å²) >= 11 is 6.21. The van der Waals surface area contributed by atoms with Crippen LogP contribution in [-0.2, 0) is 14.3 Å². The van der Waals surface area contributed by atoms with Crippen molar-refractivity contribution < 1.29 is 23.8 Å². The molecule has 0 aromatic heterocycles. The number of para-hydroxylation sites is 1. The van der Waals surface area contributed by atoms with E-state index in [0.29, 0.717) is 39.1 Å². The summed E-state index contributed by atoms with van der Waals surface area (Å²) in [5.41, 5.74) is 2.25. The Kier molecular flexibility index (Phi) is 6.74. The summed E-state index contributed by atoms with van der Waals surface area (Å²) in [4.78, 5) is 24.4. The molecule has 0 atom stereocenters. The zero-order valence-corrected chi connectivity index (χ0v) is 17.6. The minimum absolute atomic E-state index is 0.221. The van der Waals surface area contributed by atoms with E-state index < -0.39 is 5.97 Å². The van der Waals surface area contributed by atoms with Crippen LogP contribution in [0.15, 0.2) is 53.1 Å². The standard InChI is InChI=1S/C22H21ClN2O5/c1-4-29-21(26)13-30-19-10-9-15(12-20(19)28-3)11-16-14(2)24-25(22(16)27)18-8-6-5-7-17(18)23/h5-12H,4,13H2,1-3H3/b16-11+. The molecule has 1 amide bonds. The molecule has 1 aliphatic rings. The van der Waals surface area contributed by atoms with E-state index in [1.807, 2.05) is 0 Å². The van der Waals surface area contributed by atoms with E-state index >= 15 is 0 Å². The molecule has 0 saturated carbocycles. The van der Waals surface area contributed by atoms with Gasteiger partial charge in [-0.3, -0.25) is 4.79 Å². The van der Waals surface area contributed by atoms with Gasteiger partial charge in [-0.2, -0.15) is 10.1 Å². The number of anilines is 1. The predicted molar refractivity (Wildman–Crippen MR) is 115 cm³/mol. The lowest BCUT2D eigenvalue weighted by Crippen LogP contribution is -2.21. The average molecular weight is 429 g/mol. The lowest BCUT2D eigenvalue weighted by atomic mass is 10.1. The van der Waals surface area contributed by atoms with Crippen LogP contribution in [0.1, 0.15) is 19.4 Å². The van der Waals surface area contributed by atoms with Gasteiger partial charge in [0.2, 0.25) is 0 Å². The molecule has 0 radical (unpaired) electrons. The summed E-state index contributed by atoms with van der Waals surface area (Å²) in [6.45, 7) is 3.55. The largest absolute Gasteiger partial charge is 0.493 e. The smallest absolute Gasteiger partial charge is 0.344 e. The van der Waals surface area contributed by atoms with Crippen molar-refractivity contribution in [3.63, 3.8) is 0 Å². The third-order valence-corrected chi connectivity index (χ3v) is 4.61. The Bertz CT molecular complexity index is 1030. The molecule has 7 nitrogen and oxygen atoms in total. The number of nitrogens with zero attached hydrogens (tertiary/aromatic N) is 2. The predicted octanol–water partition coefficient (Wildman–Crippen LogP) is 4.10. The molecular formula is C22H21ClN2O5. The Morgan fingerprint density at radius 2 is 1.97 bits per heavy atom. The molecule has 0 unspecified atom stereocenters. The first-order valence-electron chi connectivity index (χ1n) is 9.27. The van der Waals surface area contributed by atoms with Gasteiger partial charge < -0.3 is 14.2 Å². The van der Waals surface area contributed by atoms with Crippen molar-refractivity contribution >= 4 is 41.0 Å². The van der Waals surface area contributed by atoms with Gasteiger partial charge in [-0.25, -0.2) is 4.79 Å². The van der Waals surface area contributed by atoms with Crippen molar-refractivity contribution in [3.8, 4) is 11.5 Å². The van der Waals surface area contributed by atoms with Crippen LogP contribution in [0.3, 0.4) is 0 Å². The van der Waals surface area contributed by atoms with Crippen LogP contribution < -0.4 is 14.5 Å². The average Bonchev–Trinajstić information content (AvgIpc) is 3.01. The summed E-state index contributed by atoms with van der Waals surface area (Å²) < 4.78 is 15.7. The van der Waals surface area contributed by atoms with Gasteiger partial charge in [-0.1, -0.05) is 29.8 Å². The molecule has 156 valence electrons. The van der Waals surface area contributed by atoms with Gasteiger partial charge in [0, 0.05) is 0 Å². The van der Waals surface area contributed by atoms with Crippen LogP contribution >= 0.6 is 11.6 Å². The Morgan fingerprint density at radius 1 is 1.20 bits per heavy atom. The molecule has 30 heavy (non-hydrogen) atoms. The minimum Gasteiger partial charge on any atom is -0.493 e. The number of halogens is 1. The molecular weight excluding hydrogens is 408 g/mol. The van der Waals surface area contributed by atoms with Gasteiger partial charge >= 0.3 is 5.97 Å². The fourth-order valence-corrected chi connectivity index (χ4v) is 3.09. The Hall–Kier alpha value is -3.32. The van der Waals surface area contributed by atoms with Crippen molar-refractivity contribution in [2.75, 3.05) is 25.3 Å². The number of hydrogen-bond donors (Lipinski definition) is 0. The number of methoxy groups -OCH3 is 1. The highest BCUT2D eigenvalue weighted by atomic mass is 35.5. The summed E-state index contributed by atoms with van der Waals surface area (Å²) in [5, 5.41) is 6.07. The molecule has 0 spiro atoms. The van der Waals surface area contributed by atoms with Gasteiger partial charge in [0.25, 0.3) is 5.91 Å². The molecule has 0 fully saturated rings. The van der Waals surface area contributed by atoms with Gasteiger partial charge in [-0.15, -0.1) is 0 Å². The molecule has 2 aromatic carbocycles. The van der Waals surface area contributed by atoms with E-state index in [2.05, 4.69) is 5.10 Å². The topological polar surface area (TPSA) is 77.4 Å². The first-order chi connectivity index (χ1) is 14.4. The fraction of sp³-hybridized carbons (Fsp3) is 0.227. The van der Waals surface area contributed by atoms with Gasteiger partial charge in [0.1, 0.15) is 0 Å². The number of ether oxygens (including phenoxy) is 3.